The van der Waals surface area contributed by atoms with E-state index in [0.29, 0.717) is 39.0 Å². The summed E-state index contributed by atoms with van der Waals surface area (Å²) in [4.78, 5) is 21.6. The molecule has 2 aromatic carbocycles. The summed E-state index contributed by atoms with van der Waals surface area (Å²) in [6, 6.07) is 14.7. The van der Waals surface area contributed by atoms with Crippen LogP contribution in [0.2, 0.25) is 0 Å². The first kappa shape index (κ1) is 23.4. The van der Waals surface area contributed by atoms with Gasteiger partial charge in [-0.3, -0.25) is 14.8 Å². The number of benzene rings is 2. The number of fused-ring (bicyclic) bond motifs is 1. The van der Waals surface area contributed by atoms with E-state index in [2.05, 4.69) is 15.3 Å². The quantitative estimate of drug-likeness (QED) is 0.292. The molecule has 0 spiro atoms. The Labute approximate surface area is 206 Å². The summed E-state index contributed by atoms with van der Waals surface area (Å²) < 4.78 is 34.7. The molecule has 0 bridgehead atoms. The number of rotatable bonds is 5. The molecule has 5 aromatic rings. The van der Waals surface area contributed by atoms with Gasteiger partial charge in [0.05, 0.1) is 29.0 Å². The Balaban J connectivity index is 1.64. The first-order valence-corrected chi connectivity index (χ1v) is 11.5. The van der Waals surface area contributed by atoms with E-state index in [4.69, 9.17) is 4.42 Å². The van der Waals surface area contributed by atoms with Crippen LogP contribution in [0.1, 0.15) is 29.7 Å². The van der Waals surface area contributed by atoms with Gasteiger partial charge >= 0.3 is 0 Å². The van der Waals surface area contributed by atoms with Crippen molar-refractivity contribution in [1.29, 1.82) is 0 Å². The lowest BCUT2D eigenvalue weighted by Gasteiger charge is -2.20. The number of hydrogen-bond acceptors (Lipinski definition) is 5. The largest absolute Gasteiger partial charge is 0.455 e. The number of nitrogens with one attached hydrogen (secondary N) is 1. The van der Waals surface area contributed by atoms with Crippen LogP contribution in [0.5, 0.6) is 0 Å². The van der Waals surface area contributed by atoms with Crippen molar-refractivity contribution in [3.05, 3.63) is 112 Å². The van der Waals surface area contributed by atoms with Gasteiger partial charge in [0.1, 0.15) is 23.0 Å². The Bertz CT molecular complexity index is 1660. The fourth-order valence-corrected chi connectivity index (χ4v) is 4.40. The third-order valence-electron chi connectivity index (χ3n) is 6.13. The van der Waals surface area contributed by atoms with Crippen LogP contribution in [-0.4, -0.2) is 9.97 Å². The van der Waals surface area contributed by atoms with E-state index in [9.17, 15) is 13.6 Å². The highest BCUT2D eigenvalue weighted by Crippen LogP contribution is 2.34. The molecule has 36 heavy (non-hydrogen) atoms. The predicted molar refractivity (Wildman–Crippen MR) is 137 cm³/mol. The second-order valence-corrected chi connectivity index (χ2v) is 8.75. The highest BCUT2D eigenvalue weighted by Gasteiger charge is 2.20. The smallest absolute Gasteiger partial charge is 0.196 e. The van der Waals surface area contributed by atoms with Crippen LogP contribution in [0.3, 0.4) is 0 Å². The molecular formula is C29H23F2N3O2. The minimum absolute atomic E-state index is 0.193. The summed E-state index contributed by atoms with van der Waals surface area (Å²) >= 11 is 0. The van der Waals surface area contributed by atoms with E-state index in [1.165, 1.54) is 18.3 Å². The second kappa shape index (κ2) is 9.34. The molecule has 0 saturated carbocycles. The van der Waals surface area contributed by atoms with Crippen molar-refractivity contribution < 1.29 is 13.2 Å². The van der Waals surface area contributed by atoms with Crippen LogP contribution in [0.15, 0.2) is 82.4 Å². The Morgan fingerprint density at radius 1 is 1.00 bits per heavy atom. The molecule has 3 heterocycles. The van der Waals surface area contributed by atoms with Crippen molar-refractivity contribution in [3.8, 4) is 22.6 Å². The van der Waals surface area contributed by atoms with E-state index >= 15 is 0 Å². The van der Waals surface area contributed by atoms with Crippen molar-refractivity contribution in [2.75, 3.05) is 5.32 Å². The maximum Gasteiger partial charge on any atom is 0.196 e. The van der Waals surface area contributed by atoms with Gasteiger partial charge in [-0.15, -0.1) is 0 Å². The minimum Gasteiger partial charge on any atom is -0.455 e. The number of anilines is 1. The summed E-state index contributed by atoms with van der Waals surface area (Å²) in [5, 5.41) is 3.85. The van der Waals surface area contributed by atoms with Gasteiger partial charge in [0.25, 0.3) is 0 Å². The topological polar surface area (TPSA) is 68.0 Å². The number of pyridine rings is 2. The molecule has 0 aliphatic rings. The molecule has 1 unspecified atom stereocenters. The average Bonchev–Trinajstić information content (AvgIpc) is 2.87. The zero-order valence-corrected chi connectivity index (χ0v) is 20.0. The zero-order valence-electron chi connectivity index (χ0n) is 20.0. The van der Waals surface area contributed by atoms with Crippen LogP contribution in [0.4, 0.5) is 14.5 Å². The lowest BCUT2D eigenvalue weighted by Crippen LogP contribution is -2.13. The average molecular weight is 484 g/mol. The van der Waals surface area contributed by atoms with Gasteiger partial charge in [-0.25, -0.2) is 8.78 Å². The van der Waals surface area contributed by atoms with Crippen molar-refractivity contribution in [2.24, 2.45) is 0 Å². The molecule has 3 aromatic heterocycles. The maximum absolute atomic E-state index is 14.5. The molecule has 0 amide bonds. The second-order valence-electron chi connectivity index (χ2n) is 8.75. The Kier molecular flexibility index (Phi) is 6.06. The highest BCUT2D eigenvalue weighted by atomic mass is 19.1. The van der Waals surface area contributed by atoms with Gasteiger partial charge in [-0.2, -0.15) is 0 Å². The Morgan fingerprint density at radius 2 is 1.81 bits per heavy atom. The van der Waals surface area contributed by atoms with E-state index < -0.39 is 5.82 Å². The molecule has 0 aliphatic carbocycles. The van der Waals surface area contributed by atoms with Crippen LogP contribution in [-0.2, 0) is 0 Å². The van der Waals surface area contributed by atoms with Crippen molar-refractivity contribution in [3.63, 3.8) is 0 Å². The van der Waals surface area contributed by atoms with Crippen LogP contribution in [0.25, 0.3) is 33.6 Å². The SMILES string of the molecule is Cc1cc(C(C)Nc2cccnc2-c2ccccc2F)c2oc(-c3cncc(F)c3)c(C)c(=O)c2c1. The van der Waals surface area contributed by atoms with E-state index in [-0.39, 0.29) is 23.0 Å². The fourth-order valence-electron chi connectivity index (χ4n) is 4.40. The van der Waals surface area contributed by atoms with Crippen LogP contribution < -0.4 is 10.7 Å². The number of aryl methyl sites for hydroxylation is 1. The van der Waals surface area contributed by atoms with Crippen molar-refractivity contribution >= 4 is 16.7 Å². The normalized spacial score (nSPS) is 12.0. The standard InChI is InChI=1S/C29H23F2N3O2/c1-16-11-22(18(3)34-25-9-6-10-33-26(25)21-7-4-5-8-24(21)31)29-23(12-16)27(35)17(2)28(36-29)19-13-20(30)15-32-14-19/h4-15,18,34H,1-3H3. The molecular weight excluding hydrogens is 460 g/mol. The van der Waals surface area contributed by atoms with Gasteiger partial charge in [0.2, 0.25) is 0 Å². The third-order valence-corrected chi connectivity index (χ3v) is 6.13. The predicted octanol–water partition coefficient (Wildman–Crippen LogP) is 6.99. The summed E-state index contributed by atoms with van der Waals surface area (Å²) in [5.41, 5.74) is 4.07. The number of nitrogens with zero attached hydrogens (tertiary/aromatic N) is 2. The number of aromatic nitrogens is 2. The van der Waals surface area contributed by atoms with E-state index in [1.807, 2.05) is 26.0 Å². The molecule has 0 saturated heterocycles. The minimum atomic E-state index is -0.522. The van der Waals surface area contributed by atoms with Crippen LogP contribution >= 0.6 is 0 Å². The molecule has 7 heteroatoms. The molecule has 0 fully saturated rings. The summed E-state index contributed by atoms with van der Waals surface area (Å²) in [6.45, 7) is 5.49. The van der Waals surface area contributed by atoms with E-state index in [1.54, 1.807) is 43.5 Å². The Hall–Kier alpha value is -4.39. The first-order valence-electron chi connectivity index (χ1n) is 11.5. The fraction of sp³-hybridized carbons (Fsp3) is 0.138. The van der Waals surface area contributed by atoms with Gasteiger partial charge in [-0.1, -0.05) is 18.2 Å². The van der Waals surface area contributed by atoms with Gasteiger partial charge < -0.3 is 9.73 Å². The first-order chi connectivity index (χ1) is 17.3. The van der Waals surface area contributed by atoms with Crippen molar-refractivity contribution in [1.82, 2.24) is 9.97 Å². The number of halogens is 2. The van der Waals surface area contributed by atoms with Gasteiger partial charge in [-0.05, 0) is 62.7 Å². The van der Waals surface area contributed by atoms with Crippen LogP contribution in [0, 0.1) is 25.5 Å². The molecule has 1 atom stereocenters. The molecule has 5 rings (SSSR count). The lowest BCUT2D eigenvalue weighted by molar-refractivity contribution is 0.598. The molecule has 5 nitrogen and oxygen atoms in total. The summed E-state index contributed by atoms with van der Waals surface area (Å²) in [5.74, 6) is -0.626. The lowest BCUT2D eigenvalue weighted by atomic mass is 9.98. The summed E-state index contributed by atoms with van der Waals surface area (Å²) in [7, 11) is 0. The monoisotopic (exact) mass is 483 g/mol. The maximum atomic E-state index is 14.5. The van der Waals surface area contributed by atoms with E-state index in [0.717, 1.165) is 17.3 Å². The van der Waals surface area contributed by atoms with Crippen molar-refractivity contribution in [2.45, 2.75) is 26.8 Å². The summed E-state index contributed by atoms with van der Waals surface area (Å²) in [6.07, 6.45) is 4.17. The third kappa shape index (κ3) is 4.24. The highest BCUT2D eigenvalue weighted by molar-refractivity contribution is 5.85. The van der Waals surface area contributed by atoms with Gasteiger partial charge in [0.15, 0.2) is 5.43 Å². The molecule has 180 valence electrons. The zero-order chi connectivity index (χ0) is 25.4. The molecule has 0 aliphatic heterocycles. The molecule has 0 radical (unpaired) electrons. The van der Waals surface area contributed by atoms with Gasteiger partial charge in [0, 0.05) is 34.6 Å². The Morgan fingerprint density at radius 3 is 2.58 bits per heavy atom. The number of hydrogen-bond donors (Lipinski definition) is 1. The molecule has 1 N–H and O–H groups in total.